The summed E-state index contributed by atoms with van der Waals surface area (Å²) < 4.78 is 5.42. The van der Waals surface area contributed by atoms with Gasteiger partial charge in [0.05, 0.1) is 19.3 Å². The third kappa shape index (κ3) is 7.16. The molecule has 3 aromatic rings. The molecule has 36 heavy (non-hydrogen) atoms. The van der Waals surface area contributed by atoms with Crippen molar-refractivity contribution < 1.29 is 19.1 Å². The first-order valence-corrected chi connectivity index (χ1v) is 11.7. The standard InChI is InChI=1S/C28H32N4O4/c1-5-32(18-26(34)30-23-14-12-22(13-15-23)29-20(3)33)27(21-9-7-6-8-10-21)28(35)31-24-17-19(2)11-16-25(24)36-4/h6-17,27H,5,18H2,1-4H3,(H,29,33)(H,30,34)(H,31,35). The molecule has 0 saturated carbocycles. The first kappa shape index (κ1) is 26.4. The van der Waals surface area contributed by atoms with Crippen LogP contribution in [0.4, 0.5) is 17.1 Å². The van der Waals surface area contributed by atoms with Gasteiger partial charge >= 0.3 is 0 Å². The molecule has 3 amide bonds. The van der Waals surface area contributed by atoms with Crippen molar-refractivity contribution in [1.29, 1.82) is 0 Å². The van der Waals surface area contributed by atoms with Crippen molar-refractivity contribution in [3.8, 4) is 5.75 Å². The van der Waals surface area contributed by atoms with E-state index in [0.717, 1.165) is 11.1 Å². The molecule has 0 spiro atoms. The summed E-state index contributed by atoms with van der Waals surface area (Å²) in [4.78, 5) is 39.5. The molecule has 0 saturated heterocycles. The highest BCUT2D eigenvalue weighted by Crippen LogP contribution is 2.28. The largest absolute Gasteiger partial charge is 0.495 e. The summed E-state index contributed by atoms with van der Waals surface area (Å²) in [6, 6.07) is 21.1. The summed E-state index contributed by atoms with van der Waals surface area (Å²) >= 11 is 0. The number of hydrogen-bond acceptors (Lipinski definition) is 5. The number of rotatable bonds is 10. The number of aryl methyl sites for hydroxylation is 1. The number of ether oxygens (including phenoxy) is 1. The van der Waals surface area contributed by atoms with Gasteiger partial charge in [0, 0.05) is 18.3 Å². The number of likely N-dealkylation sites (N-methyl/N-ethyl adjacent to an activating group) is 1. The summed E-state index contributed by atoms with van der Waals surface area (Å²) in [6.45, 7) is 5.75. The van der Waals surface area contributed by atoms with Crippen LogP contribution in [0.3, 0.4) is 0 Å². The molecule has 3 rings (SSSR count). The van der Waals surface area contributed by atoms with Crippen molar-refractivity contribution in [2.45, 2.75) is 26.8 Å². The van der Waals surface area contributed by atoms with Crippen molar-refractivity contribution in [2.24, 2.45) is 0 Å². The van der Waals surface area contributed by atoms with Crippen LogP contribution in [0.1, 0.15) is 31.0 Å². The van der Waals surface area contributed by atoms with Crippen molar-refractivity contribution in [3.63, 3.8) is 0 Å². The second kappa shape index (κ2) is 12.5. The number of hydrogen-bond donors (Lipinski definition) is 3. The topological polar surface area (TPSA) is 99.8 Å². The summed E-state index contributed by atoms with van der Waals surface area (Å²) in [5, 5.41) is 8.54. The van der Waals surface area contributed by atoms with E-state index in [0.29, 0.717) is 29.4 Å². The third-order valence-corrected chi connectivity index (χ3v) is 5.58. The Morgan fingerprint density at radius 2 is 1.53 bits per heavy atom. The van der Waals surface area contributed by atoms with Gasteiger partial charge in [0.2, 0.25) is 17.7 Å². The van der Waals surface area contributed by atoms with E-state index in [9.17, 15) is 14.4 Å². The Labute approximate surface area is 211 Å². The lowest BCUT2D eigenvalue weighted by Crippen LogP contribution is -2.41. The van der Waals surface area contributed by atoms with Gasteiger partial charge in [-0.25, -0.2) is 0 Å². The number of nitrogens with one attached hydrogen (secondary N) is 3. The van der Waals surface area contributed by atoms with E-state index in [1.807, 2.05) is 67.3 Å². The molecule has 3 N–H and O–H groups in total. The SMILES string of the molecule is CCN(CC(=O)Nc1ccc(NC(C)=O)cc1)C(C(=O)Nc1cc(C)ccc1OC)c1ccccc1. The smallest absolute Gasteiger partial charge is 0.246 e. The van der Waals surface area contributed by atoms with E-state index < -0.39 is 6.04 Å². The van der Waals surface area contributed by atoms with Crippen molar-refractivity contribution in [1.82, 2.24) is 4.90 Å². The van der Waals surface area contributed by atoms with Gasteiger partial charge in [-0.3, -0.25) is 19.3 Å². The summed E-state index contributed by atoms with van der Waals surface area (Å²) in [5.41, 5.74) is 3.57. The quantitative estimate of drug-likeness (QED) is 0.387. The van der Waals surface area contributed by atoms with Gasteiger partial charge in [-0.1, -0.05) is 43.3 Å². The van der Waals surface area contributed by atoms with Crippen LogP contribution in [0.25, 0.3) is 0 Å². The van der Waals surface area contributed by atoms with Crippen molar-refractivity contribution in [3.05, 3.63) is 83.9 Å². The van der Waals surface area contributed by atoms with Crippen LogP contribution in [0.5, 0.6) is 5.75 Å². The van der Waals surface area contributed by atoms with E-state index in [1.54, 1.807) is 31.4 Å². The molecule has 0 aliphatic heterocycles. The van der Waals surface area contributed by atoms with Crippen LogP contribution in [0.15, 0.2) is 72.8 Å². The zero-order chi connectivity index (χ0) is 26.1. The maximum absolute atomic E-state index is 13.6. The minimum Gasteiger partial charge on any atom is -0.495 e. The number of anilines is 3. The van der Waals surface area contributed by atoms with E-state index in [-0.39, 0.29) is 24.3 Å². The number of amides is 3. The van der Waals surface area contributed by atoms with Gasteiger partial charge in [0.15, 0.2) is 0 Å². The zero-order valence-electron chi connectivity index (χ0n) is 21.0. The molecule has 0 heterocycles. The fraction of sp³-hybridized carbons (Fsp3) is 0.250. The predicted octanol–water partition coefficient (Wildman–Crippen LogP) is 4.60. The normalized spacial score (nSPS) is 11.5. The molecule has 0 radical (unpaired) electrons. The van der Waals surface area contributed by atoms with Gasteiger partial charge in [0.25, 0.3) is 0 Å². The first-order chi connectivity index (χ1) is 17.3. The Morgan fingerprint density at radius 3 is 2.11 bits per heavy atom. The molecule has 8 heteroatoms. The number of nitrogens with zero attached hydrogens (tertiary/aromatic N) is 1. The predicted molar refractivity (Wildman–Crippen MR) is 142 cm³/mol. The molecule has 1 atom stereocenters. The molecule has 188 valence electrons. The summed E-state index contributed by atoms with van der Waals surface area (Å²) in [5.74, 6) is -0.131. The second-order valence-corrected chi connectivity index (χ2v) is 8.38. The third-order valence-electron chi connectivity index (χ3n) is 5.58. The van der Waals surface area contributed by atoms with Crippen LogP contribution in [0, 0.1) is 6.92 Å². The van der Waals surface area contributed by atoms with Gasteiger partial charge in [-0.05, 0) is 61.0 Å². The number of methoxy groups -OCH3 is 1. The lowest BCUT2D eigenvalue weighted by Gasteiger charge is -2.30. The molecular weight excluding hydrogens is 456 g/mol. The second-order valence-electron chi connectivity index (χ2n) is 8.38. The molecule has 1 unspecified atom stereocenters. The highest BCUT2D eigenvalue weighted by Gasteiger charge is 2.29. The van der Waals surface area contributed by atoms with Crippen molar-refractivity contribution >= 4 is 34.8 Å². The van der Waals surface area contributed by atoms with E-state index in [4.69, 9.17) is 4.74 Å². The monoisotopic (exact) mass is 488 g/mol. The van der Waals surface area contributed by atoms with Gasteiger partial charge < -0.3 is 20.7 Å². The summed E-state index contributed by atoms with van der Waals surface area (Å²) in [7, 11) is 1.56. The highest BCUT2D eigenvalue weighted by molar-refractivity contribution is 5.98. The molecule has 3 aromatic carbocycles. The first-order valence-electron chi connectivity index (χ1n) is 11.7. The molecule has 0 aliphatic carbocycles. The lowest BCUT2D eigenvalue weighted by atomic mass is 10.0. The molecule has 0 aliphatic rings. The van der Waals surface area contributed by atoms with Gasteiger partial charge in [-0.2, -0.15) is 0 Å². The maximum atomic E-state index is 13.6. The minimum atomic E-state index is -0.700. The molecule has 8 nitrogen and oxygen atoms in total. The average Bonchev–Trinajstić information content (AvgIpc) is 2.85. The van der Waals surface area contributed by atoms with Crippen molar-refractivity contribution in [2.75, 3.05) is 36.1 Å². The number of carbonyl (C=O) groups excluding carboxylic acids is 3. The van der Waals surface area contributed by atoms with E-state index in [2.05, 4.69) is 16.0 Å². The van der Waals surface area contributed by atoms with Crippen LogP contribution >= 0.6 is 0 Å². The lowest BCUT2D eigenvalue weighted by molar-refractivity contribution is -0.124. The molecular formula is C28H32N4O4. The number of benzene rings is 3. The summed E-state index contributed by atoms with van der Waals surface area (Å²) in [6.07, 6.45) is 0. The fourth-order valence-electron chi connectivity index (χ4n) is 3.89. The van der Waals surface area contributed by atoms with Crippen LogP contribution in [0.2, 0.25) is 0 Å². The Hall–Kier alpha value is -4.17. The minimum absolute atomic E-state index is 0.00187. The average molecular weight is 489 g/mol. The molecule has 0 fully saturated rings. The van der Waals surface area contributed by atoms with Crippen LogP contribution < -0.4 is 20.7 Å². The molecule has 0 bridgehead atoms. The zero-order valence-corrected chi connectivity index (χ0v) is 21.0. The fourth-order valence-corrected chi connectivity index (χ4v) is 3.89. The Bertz CT molecular complexity index is 1200. The van der Waals surface area contributed by atoms with Crippen LogP contribution in [-0.2, 0) is 14.4 Å². The Kier molecular flexibility index (Phi) is 9.19. The maximum Gasteiger partial charge on any atom is 0.246 e. The highest BCUT2D eigenvalue weighted by atomic mass is 16.5. The Morgan fingerprint density at radius 1 is 0.889 bits per heavy atom. The Balaban J connectivity index is 1.79. The number of carbonyl (C=O) groups is 3. The van der Waals surface area contributed by atoms with E-state index in [1.165, 1.54) is 6.92 Å². The van der Waals surface area contributed by atoms with Gasteiger partial charge in [0.1, 0.15) is 11.8 Å². The van der Waals surface area contributed by atoms with E-state index >= 15 is 0 Å². The molecule has 0 aromatic heterocycles. The van der Waals surface area contributed by atoms with Gasteiger partial charge in [-0.15, -0.1) is 0 Å². The van der Waals surface area contributed by atoms with Crippen LogP contribution in [-0.4, -0.2) is 42.8 Å².